The van der Waals surface area contributed by atoms with Gasteiger partial charge in [-0.25, -0.2) is 0 Å². The summed E-state index contributed by atoms with van der Waals surface area (Å²) < 4.78 is 32.9. The first-order valence-electron chi connectivity index (χ1n) is 6.79. The second kappa shape index (κ2) is 7.24. The number of hydrogen-bond donors (Lipinski definition) is 2. The van der Waals surface area contributed by atoms with E-state index in [0.29, 0.717) is 13.0 Å². The van der Waals surface area contributed by atoms with Gasteiger partial charge in [0.25, 0.3) is 0 Å². The molecule has 6 nitrogen and oxygen atoms in total. The fraction of sp³-hybridized carbons (Fsp3) is 0.846. The lowest BCUT2D eigenvalue weighted by atomic mass is 9.93. The number of ether oxygens (including phenoxy) is 2. The van der Waals surface area contributed by atoms with Gasteiger partial charge in [0.1, 0.15) is 11.6 Å². The van der Waals surface area contributed by atoms with Crippen LogP contribution in [-0.2, 0) is 19.1 Å². The van der Waals surface area contributed by atoms with Gasteiger partial charge in [-0.1, -0.05) is 13.8 Å². The molecule has 0 unspecified atom stereocenters. The highest BCUT2D eigenvalue weighted by atomic mass is 19.3. The third-order valence-electron chi connectivity index (χ3n) is 3.18. The van der Waals surface area contributed by atoms with Crippen LogP contribution in [0.15, 0.2) is 0 Å². The maximum Gasteiger partial charge on any atom is 0.345 e. The third kappa shape index (κ3) is 5.64. The number of nitrogens with two attached hydrogens (primary N) is 1. The third-order valence-corrected chi connectivity index (χ3v) is 3.18. The number of alkyl halides is 2. The molecule has 0 bridgehead atoms. The molecule has 0 aliphatic carbocycles. The Labute approximate surface area is 122 Å². The Balaban J connectivity index is 2.59. The van der Waals surface area contributed by atoms with E-state index in [2.05, 4.69) is 10.1 Å². The summed E-state index contributed by atoms with van der Waals surface area (Å²) in [6, 6.07) is -2.00. The molecule has 0 radical (unpaired) electrons. The van der Waals surface area contributed by atoms with Crippen LogP contribution >= 0.6 is 0 Å². The summed E-state index contributed by atoms with van der Waals surface area (Å²) in [4.78, 5) is 24.1. The van der Waals surface area contributed by atoms with Gasteiger partial charge in [0.05, 0.1) is 19.3 Å². The zero-order chi connectivity index (χ0) is 16.2. The van der Waals surface area contributed by atoms with Crippen LogP contribution in [0, 0.1) is 5.92 Å². The highest BCUT2D eigenvalue weighted by Gasteiger charge is 2.50. The number of amides is 1. The second-order valence-electron chi connectivity index (χ2n) is 5.77. The van der Waals surface area contributed by atoms with Crippen LogP contribution < -0.4 is 11.1 Å². The van der Waals surface area contributed by atoms with Gasteiger partial charge in [0, 0.05) is 0 Å². The van der Waals surface area contributed by atoms with Crippen LogP contribution in [-0.4, -0.2) is 49.2 Å². The van der Waals surface area contributed by atoms with Crippen molar-refractivity contribution in [2.24, 2.45) is 11.7 Å². The van der Waals surface area contributed by atoms with Gasteiger partial charge in [-0.3, -0.25) is 9.59 Å². The topological polar surface area (TPSA) is 94.0 Å². The summed E-state index contributed by atoms with van der Waals surface area (Å²) in [6.45, 7) is 2.17. The van der Waals surface area contributed by atoms with E-state index in [9.17, 15) is 18.4 Å². The van der Waals surface area contributed by atoms with E-state index in [4.69, 9.17) is 10.5 Å². The standard InChI is InChI=1S/C13H22F2N2O4/c1-7(2)4-9(10(18)13(3)6-21-13)17-11(19)8(16)5-20-12(14)15/h7-9,12H,4-6,16H2,1-3H3,(H,17,19)/t8-,9-,13+/m0/s1. The van der Waals surface area contributed by atoms with E-state index >= 15 is 0 Å². The van der Waals surface area contributed by atoms with Gasteiger partial charge < -0.3 is 20.5 Å². The van der Waals surface area contributed by atoms with Crippen molar-refractivity contribution < 1.29 is 27.8 Å². The number of carbonyl (C=O) groups is 2. The molecule has 3 N–H and O–H groups in total. The van der Waals surface area contributed by atoms with E-state index in [1.165, 1.54) is 0 Å². The molecular formula is C13H22F2N2O4. The van der Waals surface area contributed by atoms with Crippen LogP contribution in [0.1, 0.15) is 27.2 Å². The lowest BCUT2D eigenvalue weighted by Crippen LogP contribution is -2.53. The largest absolute Gasteiger partial charge is 0.361 e. The van der Waals surface area contributed by atoms with E-state index in [0.717, 1.165) is 0 Å². The molecule has 122 valence electrons. The summed E-state index contributed by atoms with van der Waals surface area (Å²) in [5.41, 5.74) is 4.59. The summed E-state index contributed by atoms with van der Waals surface area (Å²) in [5, 5.41) is 2.50. The molecule has 0 aromatic heterocycles. The molecule has 0 saturated carbocycles. The molecular weight excluding hydrogens is 286 g/mol. The molecule has 1 aliphatic heterocycles. The minimum absolute atomic E-state index is 0.162. The van der Waals surface area contributed by atoms with Gasteiger partial charge in [0.15, 0.2) is 5.78 Å². The first-order valence-corrected chi connectivity index (χ1v) is 6.79. The Hall–Kier alpha value is -1.12. The zero-order valence-electron chi connectivity index (χ0n) is 12.4. The van der Waals surface area contributed by atoms with Crippen molar-refractivity contribution in [1.29, 1.82) is 0 Å². The first kappa shape index (κ1) is 17.9. The van der Waals surface area contributed by atoms with Gasteiger partial charge in [-0.15, -0.1) is 0 Å². The van der Waals surface area contributed by atoms with Crippen LogP contribution in [0.3, 0.4) is 0 Å². The van der Waals surface area contributed by atoms with Gasteiger partial charge in [-0.2, -0.15) is 8.78 Å². The summed E-state index contributed by atoms with van der Waals surface area (Å²) in [5.74, 6) is -0.763. The van der Waals surface area contributed by atoms with E-state index in [1.807, 2.05) is 13.8 Å². The number of ketones is 1. The number of hydrogen-bond acceptors (Lipinski definition) is 5. The lowest BCUT2D eigenvalue weighted by Gasteiger charge is -2.23. The number of halogens is 2. The summed E-state index contributed by atoms with van der Waals surface area (Å²) >= 11 is 0. The molecule has 0 aromatic rings. The molecule has 0 aromatic carbocycles. The lowest BCUT2D eigenvalue weighted by molar-refractivity contribution is -0.143. The van der Waals surface area contributed by atoms with Crippen LogP contribution in [0.5, 0.6) is 0 Å². The van der Waals surface area contributed by atoms with E-state index in [1.54, 1.807) is 6.92 Å². The monoisotopic (exact) mass is 308 g/mol. The molecule has 21 heavy (non-hydrogen) atoms. The maximum absolute atomic E-state index is 12.3. The van der Waals surface area contributed by atoms with Crippen molar-refractivity contribution in [3.8, 4) is 0 Å². The van der Waals surface area contributed by atoms with Gasteiger partial charge in [-0.05, 0) is 19.3 Å². The van der Waals surface area contributed by atoms with Crippen LogP contribution in [0.25, 0.3) is 0 Å². The maximum atomic E-state index is 12.3. The fourth-order valence-corrected chi connectivity index (χ4v) is 1.85. The minimum atomic E-state index is -2.99. The summed E-state index contributed by atoms with van der Waals surface area (Å²) in [6.07, 6.45) is 0.423. The van der Waals surface area contributed by atoms with Crippen molar-refractivity contribution in [1.82, 2.24) is 5.32 Å². The number of nitrogens with one attached hydrogen (secondary N) is 1. The number of rotatable bonds is 9. The first-order chi connectivity index (χ1) is 9.65. The Bertz CT molecular complexity index is 386. The Morgan fingerprint density at radius 1 is 1.43 bits per heavy atom. The van der Waals surface area contributed by atoms with Crippen LogP contribution in [0.2, 0.25) is 0 Å². The van der Waals surface area contributed by atoms with Gasteiger partial charge in [0.2, 0.25) is 5.91 Å². The van der Waals surface area contributed by atoms with Crippen molar-refractivity contribution in [2.75, 3.05) is 13.2 Å². The number of epoxide rings is 1. The molecule has 3 atom stereocenters. The normalized spacial score (nSPS) is 24.0. The average Bonchev–Trinajstić information content (AvgIpc) is 3.12. The van der Waals surface area contributed by atoms with Crippen molar-refractivity contribution >= 4 is 11.7 Å². The molecule has 1 heterocycles. The fourth-order valence-electron chi connectivity index (χ4n) is 1.85. The molecule has 1 saturated heterocycles. The Kier molecular flexibility index (Phi) is 6.18. The zero-order valence-corrected chi connectivity index (χ0v) is 12.4. The summed E-state index contributed by atoms with van der Waals surface area (Å²) in [7, 11) is 0. The molecule has 1 amide bonds. The van der Waals surface area contributed by atoms with Crippen molar-refractivity contribution in [2.45, 2.75) is 51.5 Å². The quantitative estimate of drug-likeness (QED) is 0.603. The molecule has 0 spiro atoms. The predicted octanol–water partition coefficient (Wildman–Crippen LogP) is 0.442. The molecule has 1 aliphatic rings. The smallest absolute Gasteiger partial charge is 0.345 e. The van der Waals surface area contributed by atoms with E-state index in [-0.39, 0.29) is 11.7 Å². The van der Waals surface area contributed by atoms with Crippen LogP contribution in [0.4, 0.5) is 8.78 Å². The molecule has 8 heteroatoms. The highest BCUT2D eigenvalue weighted by Crippen LogP contribution is 2.29. The Morgan fingerprint density at radius 3 is 2.43 bits per heavy atom. The average molecular weight is 308 g/mol. The number of Topliss-reactive ketones (excluding diaryl/α,β-unsaturated/α-hetero) is 1. The minimum Gasteiger partial charge on any atom is -0.361 e. The SMILES string of the molecule is CC(C)C[C@H](NC(=O)[C@@H](N)COC(F)F)C(=O)[C@@]1(C)CO1. The molecule has 1 rings (SSSR count). The van der Waals surface area contributed by atoms with Gasteiger partial charge >= 0.3 is 6.61 Å². The predicted molar refractivity (Wildman–Crippen MR) is 70.7 cm³/mol. The van der Waals surface area contributed by atoms with E-state index < -0.39 is 36.8 Å². The second-order valence-corrected chi connectivity index (χ2v) is 5.77. The molecule has 1 fully saturated rings. The van der Waals surface area contributed by atoms with Crippen molar-refractivity contribution in [3.63, 3.8) is 0 Å². The number of carbonyl (C=O) groups excluding carboxylic acids is 2. The highest BCUT2D eigenvalue weighted by molar-refractivity contribution is 5.97. The Morgan fingerprint density at radius 2 is 2.00 bits per heavy atom. The van der Waals surface area contributed by atoms with Crippen molar-refractivity contribution in [3.05, 3.63) is 0 Å².